The lowest BCUT2D eigenvalue weighted by atomic mass is 10.0. The first kappa shape index (κ1) is 15.0. The second-order valence-electron chi connectivity index (χ2n) is 5.88. The van der Waals surface area contributed by atoms with E-state index in [0.29, 0.717) is 12.5 Å². The van der Waals surface area contributed by atoms with Crippen LogP contribution in [0, 0.1) is 5.82 Å². The molecule has 1 aliphatic carbocycles. The van der Waals surface area contributed by atoms with Crippen molar-refractivity contribution in [2.45, 2.75) is 38.0 Å². The molecule has 3 rings (SSSR count). The van der Waals surface area contributed by atoms with Crippen molar-refractivity contribution in [3.05, 3.63) is 42.0 Å². The van der Waals surface area contributed by atoms with Gasteiger partial charge in [0.1, 0.15) is 5.82 Å². The average Bonchev–Trinajstić information content (AvgIpc) is 3.17. The van der Waals surface area contributed by atoms with E-state index in [0.717, 1.165) is 24.3 Å². The highest BCUT2D eigenvalue weighted by Crippen LogP contribution is 2.38. The number of benzene rings is 1. The molecule has 22 heavy (non-hydrogen) atoms. The molecule has 5 heteroatoms. The summed E-state index contributed by atoms with van der Waals surface area (Å²) < 4.78 is 15.1. The first-order valence-electron chi connectivity index (χ1n) is 8.07. The van der Waals surface area contributed by atoms with E-state index in [4.69, 9.17) is 5.73 Å². The molecule has 3 N–H and O–H groups in total. The van der Waals surface area contributed by atoms with Gasteiger partial charge in [-0.05, 0) is 50.1 Å². The van der Waals surface area contributed by atoms with E-state index in [1.54, 1.807) is 12.1 Å². The maximum atomic E-state index is 13.2. The third-order valence-corrected chi connectivity index (χ3v) is 4.32. The van der Waals surface area contributed by atoms with E-state index in [1.807, 2.05) is 10.9 Å². The number of hydrogen-bond acceptors (Lipinski definition) is 3. The molecule has 0 atom stereocenters. The van der Waals surface area contributed by atoms with Crippen LogP contribution in [0.4, 0.5) is 10.1 Å². The van der Waals surface area contributed by atoms with Crippen LogP contribution in [0.3, 0.4) is 0 Å². The van der Waals surface area contributed by atoms with Gasteiger partial charge in [0, 0.05) is 12.5 Å². The van der Waals surface area contributed by atoms with Gasteiger partial charge in [0.15, 0.2) is 0 Å². The van der Waals surface area contributed by atoms with Gasteiger partial charge in [0.05, 0.1) is 23.3 Å². The maximum Gasteiger partial charge on any atom is 0.123 e. The van der Waals surface area contributed by atoms with Crippen LogP contribution in [0.2, 0.25) is 0 Å². The van der Waals surface area contributed by atoms with Gasteiger partial charge in [-0.15, -0.1) is 0 Å². The number of rotatable bonds is 6. The van der Waals surface area contributed by atoms with Crippen LogP contribution in [0.25, 0.3) is 5.69 Å². The van der Waals surface area contributed by atoms with E-state index in [1.165, 1.54) is 43.5 Å². The summed E-state index contributed by atoms with van der Waals surface area (Å²) >= 11 is 0. The van der Waals surface area contributed by atoms with Crippen molar-refractivity contribution in [2.75, 3.05) is 18.4 Å². The molecule has 1 aromatic carbocycles. The van der Waals surface area contributed by atoms with Crippen molar-refractivity contribution < 1.29 is 4.39 Å². The highest BCUT2D eigenvalue weighted by molar-refractivity contribution is 5.52. The number of halogens is 1. The minimum absolute atomic E-state index is 0.223. The molecule has 0 bridgehead atoms. The SMILES string of the molecule is NCCCNc1cnn(-c2ccc(F)cc2)c1C1CCCC1. The summed E-state index contributed by atoms with van der Waals surface area (Å²) in [5.41, 5.74) is 8.79. The molecule has 0 amide bonds. The smallest absolute Gasteiger partial charge is 0.123 e. The largest absolute Gasteiger partial charge is 0.382 e. The van der Waals surface area contributed by atoms with Gasteiger partial charge in [0.25, 0.3) is 0 Å². The molecule has 4 nitrogen and oxygen atoms in total. The number of nitrogens with one attached hydrogen (secondary N) is 1. The van der Waals surface area contributed by atoms with Crippen LogP contribution in [0.1, 0.15) is 43.7 Å². The first-order chi connectivity index (χ1) is 10.8. The van der Waals surface area contributed by atoms with Gasteiger partial charge in [-0.25, -0.2) is 9.07 Å². The van der Waals surface area contributed by atoms with Crippen molar-refractivity contribution in [3.8, 4) is 5.69 Å². The zero-order valence-corrected chi connectivity index (χ0v) is 12.8. The molecule has 1 fully saturated rings. The highest BCUT2D eigenvalue weighted by atomic mass is 19.1. The quantitative estimate of drug-likeness (QED) is 0.804. The van der Waals surface area contributed by atoms with Crippen LogP contribution >= 0.6 is 0 Å². The van der Waals surface area contributed by atoms with Crippen LogP contribution in [0.5, 0.6) is 0 Å². The molecule has 2 aromatic rings. The molecule has 0 radical (unpaired) electrons. The second-order valence-corrected chi connectivity index (χ2v) is 5.88. The zero-order chi connectivity index (χ0) is 15.4. The first-order valence-corrected chi connectivity index (χ1v) is 8.07. The Balaban J connectivity index is 1.92. The van der Waals surface area contributed by atoms with Gasteiger partial charge in [-0.1, -0.05) is 12.8 Å². The van der Waals surface area contributed by atoms with Gasteiger partial charge in [0.2, 0.25) is 0 Å². The topological polar surface area (TPSA) is 55.9 Å². The normalized spacial score (nSPS) is 15.4. The van der Waals surface area contributed by atoms with E-state index in [9.17, 15) is 4.39 Å². The van der Waals surface area contributed by atoms with Crippen molar-refractivity contribution in [3.63, 3.8) is 0 Å². The maximum absolute atomic E-state index is 13.2. The molecule has 1 aliphatic rings. The summed E-state index contributed by atoms with van der Waals surface area (Å²) in [5, 5.41) is 8.00. The minimum Gasteiger partial charge on any atom is -0.382 e. The van der Waals surface area contributed by atoms with Crippen LogP contribution in [-0.4, -0.2) is 22.9 Å². The Bertz CT molecular complexity index is 600. The Morgan fingerprint density at radius 3 is 2.64 bits per heavy atom. The fourth-order valence-electron chi connectivity index (χ4n) is 3.20. The third-order valence-electron chi connectivity index (χ3n) is 4.32. The second kappa shape index (κ2) is 6.92. The zero-order valence-electron chi connectivity index (χ0n) is 12.8. The van der Waals surface area contributed by atoms with Gasteiger partial charge in [-0.3, -0.25) is 0 Å². The summed E-state index contributed by atoms with van der Waals surface area (Å²) in [6, 6.07) is 6.53. The number of hydrogen-bond donors (Lipinski definition) is 2. The Labute approximate surface area is 130 Å². The standard InChI is InChI=1S/C17H23FN4/c18-14-6-8-15(9-7-14)22-17(13-4-1-2-5-13)16(12-21-22)20-11-3-10-19/h6-9,12-13,20H,1-5,10-11,19H2. The van der Waals surface area contributed by atoms with E-state index < -0.39 is 0 Å². The van der Waals surface area contributed by atoms with E-state index >= 15 is 0 Å². The summed E-state index contributed by atoms with van der Waals surface area (Å²) in [4.78, 5) is 0. The molecule has 0 spiro atoms. The lowest BCUT2D eigenvalue weighted by Crippen LogP contribution is -2.12. The Morgan fingerprint density at radius 2 is 1.95 bits per heavy atom. The number of nitrogens with zero attached hydrogens (tertiary/aromatic N) is 2. The Kier molecular flexibility index (Phi) is 4.73. The van der Waals surface area contributed by atoms with E-state index in [-0.39, 0.29) is 5.82 Å². The molecule has 0 unspecified atom stereocenters. The van der Waals surface area contributed by atoms with Crippen LogP contribution < -0.4 is 11.1 Å². The summed E-state index contributed by atoms with van der Waals surface area (Å²) in [5.74, 6) is 0.299. The van der Waals surface area contributed by atoms with Crippen molar-refractivity contribution in [1.29, 1.82) is 0 Å². The molecular formula is C17H23FN4. The molecular weight excluding hydrogens is 279 g/mol. The highest BCUT2D eigenvalue weighted by Gasteiger charge is 2.25. The molecule has 1 saturated carbocycles. The van der Waals surface area contributed by atoms with Gasteiger partial charge in [-0.2, -0.15) is 5.10 Å². The molecule has 0 saturated heterocycles. The minimum atomic E-state index is -0.223. The number of aromatic nitrogens is 2. The third kappa shape index (κ3) is 3.14. The summed E-state index contributed by atoms with van der Waals surface area (Å²) in [6.07, 6.45) is 7.74. The monoisotopic (exact) mass is 302 g/mol. The van der Waals surface area contributed by atoms with Gasteiger partial charge >= 0.3 is 0 Å². The summed E-state index contributed by atoms with van der Waals surface area (Å²) in [6.45, 7) is 1.53. The van der Waals surface area contributed by atoms with E-state index in [2.05, 4.69) is 10.4 Å². The number of anilines is 1. The van der Waals surface area contributed by atoms with Crippen molar-refractivity contribution in [1.82, 2.24) is 9.78 Å². The lowest BCUT2D eigenvalue weighted by Gasteiger charge is -2.16. The predicted molar refractivity (Wildman–Crippen MR) is 86.9 cm³/mol. The molecule has 0 aliphatic heterocycles. The summed E-state index contributed by atoms with van der Waals surface area (Å²) in [7, 11) is 0. The fraction of sp³-hybridized carbons (Fsp3) is 0.471. The lowest BCUT2D eigenvalue weighted by molar-refractivity contribution is 0.624. The molecule has 1 aromatic heterocycles. The van der Waals surface area contributed by atoms with Crippen LogP contribution in [-0.2, 0) is 0 Å². The van der Waals surface area contributed by atoms with Crippen molar-refractivity contribution in [2.24, 2.45) is 5.73 Å². The average molecular weight is 302 g/mol. The Hall–Kier alpha value is -1.88. The Morgan fingerprint density at radius 1 is 1.23 bits per heavy atom. The van der Waals surface area contributed by atoms with Crippen LogP contribution in [0.15, 0.2) is 30.5 Å². The van der Waals surface area contributed by atoms with Gasteiger partial charge < -0.3 is 11.1 Å². The predicted octanol–water partition coefficient (Wildman–Crippen LogP) is 3.43. The number of nitrogens with two attached hydrogens (primary N) is 1. The van der Waals surface area contributed by atoms with Crippen molar-refractivity contribution >= 4 is 5.69 Å². The molecule has 1 heterocycles. The molecule has 118 valence electrons. The fourth-order valence-corrected chi connectivity index (χ4v) is 3.20.